The van der Waals surface area contributed by atoms with Crippen LogP contribution in [0.1, 0.15) is 27.8 Å². The third-order valence-corrected chi connectivity index (χ3v) is 3.77. The lowest BCUT2D eigenvalue weighted by molar-refractivity contribution is -0.136. The number of benzene rings is 2. The molecule has 4 heteroatoms. The van der Waals surface area contributed by atoms with Crippen LogP contribution < -0.4 is 5.32 Å². The normalized spacial score (nSPS) is 10.4. The van der Waals surface area contributed by atoms with Crippen LogP contribution in [-0.4, -0.2) is 17.0 Å². The Kier molecular flexibility index (Phi) is 5.16. The van der Waals surface area contributed by atoms with Gasteiger partial charge in [0, 0.05) is 5.69 Å². The first-order chi connectivity index (χ1) is 10.8. The smallest absolute Gasteiger partial charge is 0.307 e. The van der Waals surface area contributed by atoms with Crippen LogP contribution in [0, 0.1) is 20.8 Å². The summed E-state index contributed by atoms with van der Waals surface area (Å²) < 4.78 is 0. The standard InChI is InChI=1S/C19H21NO3/c1-12-8-13(2)17(14(3)9-12)11-18(21)20-16-6-4-15(5-7-16)10-19(22)23/h4-9H,10-11H2,1-3H3,(H,20,21)(H,22,23). The summed E-state index contributed by atoms with van der Waals surface area (Å²) in [7, 11) is 0. The largest absolute Gasteiger partial charge is 0.481 e. The van der Waals surface area contributed by atoms with Crippen LogP contribution in [0.3, 0.4) is 0 Å². The molecule has 0 atom stereocenters. The summed E-state index contributed by atoms with van der Waals surface area (Å²) in [5.74, 6) is -0.946. The molecule has 0 saturated heterocycles. The average molecular weight is 311 g/mol. The number of anilines is 1. The number of carbonyl (C=O) groups excluding carboxylic acids is 1. The quantitative estimate of drug-likeness (QED) is 0.889. The Morgan fingerprint density at radius 2 is 1.52 bits per heavy atom. The van der Waals surface area contributed by atoms with Crippen molar-refractivity contribution < 1.29 is 14.7 Å². The zero-order valence-electron chi connectivity index (χ0n) is 13.6. The number of aliphatic carboxylic acids is 1. The van der Waals surface area contributed by atoms with Crippen LogP contribution >= 0.6 is 0 Å². The first-order valence-electron chi connectivity index (χ1n) is 7.52. The van der Waals surface area contributed by atoms with E-state index in [-0.39, 0.29) is 12.3 Å². The molecule has 0 aromatic heterocycles. The highest BCUT2D eigenvalue weighted by atomic mass is 16.4. The Morgan fingerprint density at radius 1 is 0.957 bits per heavy atom. The zero-order chi connectivity index (χ0) is 17.0. The van der Waals surface area contributed by atoms with Gasteiger partial charge in [0.2, 0.25) is 5.91 Å². The van der Waals surface area contributed by atoms with Crippen LogP contribution in [0.25, 0.3) is 0 Å². The van der Waals surface area contributed by atoms with E-state index < -0.39 is 5.97 Å². The molecule has 0 unspecified atom stereocenters. The molecule has 0 aliphatic rings. The van der Waals surface area contributed by atoms with E-state index in [9.17, 15) is 9.59 Å². The van der Waals surface area contributed by atoms with Crippen molar-refractivity contribution in [1.29, 1.82) is 0 Å². The fourth-order valence-electron chi connectivity index (χ4n) is 2.74. The van der Waals surface area contributed by atoms with Gasteiger partial charge in [0.15, 0.2) is 0 Å². The highest BCUT2D eigenvalue weighted by Gasteiger charge is 2.10. The van der Waals surface area contributed by atoms with Gasteiger partial charge in [-0.2, -0.15) is 0 Å². The van der Waals surface area contributed by atoms with E-state index in [1.165, 1.54) is 5.56 Å². The summed E-state index contributed by atoms with van der Waals surface area (Å²) in [5.41, 5.74) is 5.87. The molecule has 1 amide bonds. The van der Waals surface area contributed by atoms with Gasteiger partial charge < -0.3 is 10.4 Å². The van der Waals surface area contributed by atoms with Crippen LogP contribution in [0.5, 0.6) is 0 Å². The van der Waals surface area contributed by atoms with Gasteiger partial charge in [-0.1, -0.05) is 29.8 Å². The third kappa shape index (κ3) is 4.68. The van der Waals surface area contributed by atoms with E-state index >= 15 is 0 Å². The van der Waals surface area contributed by atoms with E-state index in [1.807, 2.05) is 20.8 Å². The van der Waals surface area contributed by atoms with E-state index in [2.05, 4.69) is 17.4 Å². The van der Waals surface area contributed by atoms with Gasteiger partial charge in [-0.15, -0.1) is 0 Å². The highest BCUT2D eigenvalue weighted by molar-refractivity contribution is 5.92. The van der Waals surface area contributed by atoms with Gasteiger partial charge in [0.25, 0.3) is 0 Å². The van der Waals surface area contributed by atoms with Crippen LogP contribution in [0.4, 0.5) is 5.69 Å². The number of carboxylic acids is 1. The lowest BCUT2D eigenvalue weighted by atomic mass is 9.97. The molecular weight excluding hydrogens is 290 g/mol. The minimum atomic E-state index is -0.868. The van der Waals surface area contributed by atoms with Crippen LogP contribution in [0.15, 0.2) is 36.4 Å². The van der Waals surface area contributed by atoms with Crippen LogP contribution in [0.2, 0.25) is 0 Å². The maximum atomic E-state index is 12.2. The monoisotopic (exact) mass is 311 g/mol. The third-order valence-electron chi connectivity index (χ3n) is 3.77. The second-order valence-corrected chi connectivity index (χ2v) is 5.87. The van der Waals surface area contributed by atoms with E-state index in [0.29, 0.717) is 17.7 Å². The van der Waals surface area contributed by atoms with Crippen molar-refractivity contribution in [2.75, 3.05) is 5.32 Å². The van der Waals surface area contributed by atoms with Crippen molar-refractivity contribution in [3.63, 3.8) is 0 Å². The predicted molar refractivity (Wildman–Crippen MR) is 90.8 cm³/mol. The fraction of sp³-hybridized carbons (Fsp3) is 0.263. The number of nitrogens with one attached hydrogen (secondary N) is 1. The first kappa shape index (κ1) is 16.7. The van der Waals surface area contributed by atoms with Gasteiger partial charge in [-0.05, 0) is 55.2 Å². The summed E-state index contributed by atoms with van der Waals surface area (Å²) in [6.45, 7) is 6.08. The number of rotatable bonds is 5. The molecule has 0 radical (unpaired) electrons. The molecule has 0 aliphatic carbocycles. The van der Waals surface area contributed by atoms with Crippen molar-refractivity contribution in [3.05, 3.63) is 64.2 Å². The van der Waals surface area contributed by atoms with Gasteiger partial charge in [0.1, 0.15) is 0 Å². The summed E-state index contributed by atoms with van der Waals surface area (Å²) in [5, 5.41) is 11.6. The Hall–Kier alpha value is -2.62. The zero-order valence-corrected chi connectivity index (χ0v) is 13.6. The number of amides is 1. The molecule has 23 heavy (non-hydrogen) atoms. The molecule has 0 heterocycles. The molecule has 0 bridgehead atoms. The molecular formula is C19H21NO3. The van der Waals surface area contributed by atoms with E-state index in [0.717, 1.165) is 16.7 Å². The number of hydrogen-bond donors (Lipinski definition) is 2. The fourth-order valence-corrected chi connectivity index (χ4v) is 2.74. The first-order valence-corrected chi connectivity index (χ1v) is 7.52. The molecule has 2 rings (SSSR count). The predicted octanol–water partition coefficient (Wildman–Crippen LogP) is 3.42. The Balaban J connectivity index is 2.04. The van der Waals surface area contributed by atoms with Gasteiger partial charge in [-0.3, -0.25) is 9.59 Å². The molecule has 2 N–H and O–H groups in total. The van der Waals surface area contributed by atoms with Crippen molar-refractivity contribution in [3.8, 4) is 0 Å². The maximum Gasteiger partial charge on any atom is 0.307 e. The maximum absolute atomic E-state index is 12.2. The Bertz CT molecular complexity index is 710. The SMILES string of the molecule is Cc1cc(C)c(CC(=O)Nc2ccc(CC(=O)O)cc2)c(C)c1. The second-order valence-electron chi connectivity index (χ2n) is 5.87. The molecule has 0 saturated carbocycles. The number of aryl methyl sites for hydroxylation is 3. The molecule has 2 aromatic rings. The van der Waals surface area contributed by atoms with E-state index in [1.54, 1.807) is 24.3 Å². The molecule has 0 fully saturated rings. The summed E-state index contributed by atoms with van der Waals surface area (Å²) >= 11 is 0. The van der Waals surface area contributed by atoms with E-state index in [4.69, 9.17) is 5.11 Å². The number of carbonyl (C=O) groups is 2. The lowest BCUT2D eigenvalue weighted by Crippen LogP contribution is -2.16. The summed E-state index contributed by atoms with van der Waals surface area (Å²) in [6.07, 6.45) is 0.310. The number of carboxylic acid groups (broad SMARTS) is 1. The van der Waals surface area contributed by atoms with Gasteiger partial charge in [-0.25, -0.2) is 0 Å². The Morgan fingerprint density at radius 3 is 2.04 bits per heavy atom. The highest BCUT2D eigenvalue weighted by Crippen LogP contribution is 2.18. The minimum absolute atomic E-state index is 0.0179. The molecule has 0 spiro atoms. The average Bonchev–Trinajstić information content (AvgIpc) is 2.44. The Labute approximate surface area is 136 Å². The molecule has 2 aromatic carbocycles. The lowest BCUT2D eigenvalue weighted by Gasteiger charge is -2.12. The molecule has 120 valence electrons. The second kappa shape index (κ2) is 7.09. The van der Waals surface area contributed by atoms with Crippen molar-refractivity contribution in [1.82, 2.24) is 0 Å². The molecule has 0 aliphatic heterocycles. The van der Waals surface area contributed by atoms with Crippen LogP contribution in [-0.2, 0) is 22.4 Å². The van der Waals surface area contributed by atoms with Crippen molar-refractivity contribution in [2.24, 2.45) is 0 Å². The minimum Gasteiger partial charge on any atom is -0.481 e. The molecule has 4 nitrogen and oxygen atoms in total. The summed E-state index contributed by atoms with van der Waals surface area (Å²) in [4.78, 5) is 22.9. The topological polar surface area (TPSA) is 66.4 Å². The van der Waals surface area contributed by atoms with Gasteiger partial charge >= 0.3 is 5.97 Å². The van der Waals surface area contributed by atoms with Crippen molar-refractivity contribution in [2.45, 2.75) is 33.6 Å². The number of hydrogen-bond acceptors (Lipinski definition) is 2. The van der Waals surface area contributed by atoms with Gasteiger partial charge in [0.05, 0.1) is 12.8 Å². The summed E-state index contributed by atoms with van der Waals surface area (Å²) in [6, 6.07) is 11.0. The van der Waals surface area contributed by atoms with Crippen molar-refractivity contribution >= 4 is 17.6 Å².